The lowest BCUT2D eigenvalue weighted by Gasteiger charge is -2.25. The fraction of sp³-hybridized carbons (Fsp3) is 0.286. The molecular formula is C28H28N2O5S2. The van der Waals surface area contributed by atoms with Crippen molar-refractivity contribution < 1.29 is 19.1 Å². The summed E-state index contributed by atoms with van der Waals surface area (Å²) >= 11 is 2.92. The Kier molecular flexibility index (Phi) is 8.14. The monoisotopic (exact) mass is 536 g/mol. The Morgan fingerprint density at radius 2 is 1.78 bits per heavy atom. The van der Waals surface area contributed by atoms with Gasteiger partial charge in [0.1, 0.15) is 0 Å². The fourth-order valence-corrected chi connectivity index (χ4v) is 5.44. The number of rotatable bonds is 7. The Labute approximate surface area is 223 Å². The zero-order valence-electron chi connectivity index (χ0n) is 21.3. The number of thiazole rings is 1. The van der Waals surface area contributed by atoms with Gasteiger partial charge in [-0.2, -0.15) is 0 Å². The molecule has 0 N–H and O–H groups in total. The second kappa shape index (κ2) is 11.3. The van der Waals surface area contributed by atoms with Gasteiger partial charge in [-0.25, -0.2) is 14.6 Å². The molecule has 1 unspecified atom stereocenters. The van der Waals surface area contributed by atoms with Crippen LogP contribution in [0.25, 0.3) is 6.08 Å². The summed E-state index contributed by atoms with van der Waals surface area (Å²) in [6.07, 6.45) is 3.85. The normalized spacial score (nSPS) is 15.4. The second-order valence-electron chi connectivity index (χ2n) is 8.96. The number of aromatic nitrogens is 1. The van der Waals surface area contributed by atoms with E-state index in [0.29, 0.717) is 31.7 Å². The van der Waals surface area contributed by atoms with E-state index in [2.05, 4.69) is 4.99 Å². The van der Waals surface area contributed by atoms with Crippen LogP contribution in [0.15, 0.2) is 74.5 Å². The Morgan fingerprint density at radius 1 is 1.11 bits per heavy atom. The molecule has 0 saturated carbocycles. The molecule has 0 bridgehead atoms. The third-order valence-corrected chi connectivity index (χ3v) is 7.58. The lowest BCUT2D eigenvalue weighted by molar-refractivity contribution is -0.140. The van der Waals surface area contributed by atoms with Crippen LogP contribution in [0, 0.1) is 5.92 Å². The summed E-state index contributed by atoms with van der Waals surface area (Å²) in [5, 5.41) is 0. The molecule has 1 aromatic heterocycles. The predicted molar refractivity (Wildman–Crippen MR) is 146 cm³/mol. The Morgan fingerprint density at radius 3 is 2.38 bits per heavy atom. The first-order chi connectivity index (χ1) is 17.7. The van der Waals surface area contributed by atoms with Gasteiger partial charge >= 0.3 is 11.9 Å². The van der Waals surface area contributed by atoms with Crippen LogP contribution < -0.4 is 14.9 Å². The zero-order valence-corrected chi connectivity index (χ0v) is 22.9. The van der Waals surface area contributed by atoms with Gasteiger partial charge < -0.3 is 9.47 Å². The van der Waals surface area contributed by atoms with Crippen LogP contribution in [0.2, 0.25) is 0 Å². The van der Waals surface area contributed by atoms with Crippen molar-refractivity contribution >= 4 is 41.1 Å². The molecule has 1 aliphatic rings. The number of thioether (sulfide) groups is 1. The highest BCUT2D eigenvalue weighted by Crippen LogP contribution is 2.31. The van der Waals surface area contributed by atoms with E-state index in [1.54, 1.807) is 47.5 Å². The van der Waals surface area contributed by atoms with Gasteiger partial charge in [0.15, 0.2) is 4.80 Å². The third kappa shape index (κ3) is 5.62. The fourth-order valence-electron chi connectivity index (χ4n) is 3.99. The highest BCUT2D eigenvalue weighted by Gasteiger charge is 2.33. The van der Waals surface area contributed by atoms with E-state index in [9.17, 15) is 14.4 Å². The number of benzene rings is 2. The number of esters is 2. The minimum absolute atomic E-state index is 0.154. The quantitative estimate of drug-likeness (QED) is 0.336. The van der Waals surface area contributed by atoms with Crippen LogP contribution in [0.3, 0.4) is 0 Å². The van der Waals surface area contributed by atoms with Gasteiger partial charge in [-0.15, -0.1) is 11.8 Å². The van der Waals surface area contributed by atoms with Gasteiger partial charge in [0, 0.05) is 4.90 Å². The van der Waals surface area contributed by atoms with Crippen molar-refractivity contribution in [2.45, 2.75) is 31.7 Å². The van der Waals surface area contributed by atoms with E-state index in [1.807, 2.05) is 50.4 Å². The van der Waals surface area contributed by atoms with Crippen molar-refractivity contribution in [2.75, 3.05) is 20.0 Å². The highest BCUT2D eigenvalue weighted by molar-refractivity contribution is 7.98. The molecule has 1 atom stereocenters. The van der Waals surface area contributed by atoms with Crippen LogP contribution in [0.1, 0.15) is 48.3 Å². The molecule has 2 aromatic carbocycles. The molecule has 37 heavy (non-hydrogen) atoms. The summed E-state index contributed by atoms with van der Waals surface area (Å²) in [7, 11) is 1.32. The minimum atomic E-state index is -0.747. The number of methoxy groups -OCH3 is 1. The Bertz CT molecular complexity index is 1530. The molecule has 1 aliphatic heterocycles. The second-order valence-corrected chi connectivity index (χ2v) is 10.8. The number of carbonyl (C=O) groups is 2. The first-order valence-electron chi connectivity index (χ1n) is 11.8. The number of nitrogens with zero attached hydrogens (tertiary/aromatic N) is 2. The summed E-state index contributed by atoms with van der Waals surface area (Å²) in [6.45, 7) is 5.91. The Balaban J connectivity index is 1.87. The van der Waals surface area contributed by atoms with Crippen LogP contribution in [-0.4, -0.2) is 36.5 Å². The van der Waals surface area contributed by atoms with Crippen LogP contribution >= 0.6 is 23.1 Å². The first kappa shape index (κ1) is 26.6. The van der Waals surface area contributed by atoms with E-state index in [1.165, 1.54) is 18.4 Å². The maximum atomic E-state index is 13.7. The minimum Gasteiger partial charge on any atom is -0.465 e. The van der Waals surface area contributed by atoms with Crippen molar-refractivity contribution in [3.63, 3.8) is 0 Å². The van der Waals surface area contributed by atoms with E-state index >= 15 is 0 Å². The molecule has 0 amide bonds. The number of ether oxygens (including phenoxy) is 2. The summed E-state index contributed by atoms with van der Waals surface area (Å²) in [4.78, 5) is 45.2. The number of carbonyl (C=O) groups excluding carboxylic acids is 2. The first-order valence-corrected chi connectivity index (χ1v) is 13.8. The summed E-state index contributed by atoms with van der Waals surface area (Å²) < 4.78 is 12.4. The molecule has 0 fully saturated rings. The largest absolute Gasteiger partial charge is 0.465 e. The highest BCUT2D eigenvalue weighted by atomic mass is 32.2. The maximum Gasteiger partial charge on any atom is 0.338 e. The predicted octanol–water partition coefficient (Wildman–Crippen LogP) is 3.94. The van der Waals surface area contributed by atoms with Crippen molar-refractivity contribution in [2.24, 2.45) is 10.9 Å². The van der Waals surface area contributed by atoms with Gasteiger partial charge in [0.25, 0.3) is 5.56 Å². The molecule has 2 heterocycles. The topological polar surface area (TPSA) is 87.0 Å². The van der Waals surface area contributed by atoms with Crippen LogP contribution in [-0.2, 0) is 14.3 Å². The standard InChI is InChI=1S/C28H28N2O5S2/c1-16(2)15-35-27(33)23-17(3)29-28-30(24(23)19-8-10-20(11-9-19)26(32)34-4)25(31)22(37-28)14-18-6-12-21(36-5)13-7-18/h6-14,16,24H,15H2,1-5H3. The molecule has 7 nitrogen and oxygen atoms in total. The summed E-state index contributed by atoms with van der Waals surface area (Å²) in [5.74, 6) is -0.827. The average Bonchev–Trinajstić information content (AvgIpc) is 3.20. The van der Waals surface area contributed by atoms with E-state index in [-0.39, 0.29) is 18.1 Å². The van der Waals surface area contributed by atoms with Gasteiger partial charge in [-0.1, -0.05) is 49.4 Å². The molecule has 192 valence electrons. The molecule has 4 rings (SSSR count). The smallest absolute Gasteiger partial charge is 0.338 e. The number of hydrogen-bond acceptors (Lipinski definition) is 8. The SMILES string of the molecule is COC(=O)c1ccc(C2C(C(=O)OCC(C)C)=C(C)N=c3sc(=Cc4ccc(SC)cc4)c(=O)n32)cc1. The van der Waals surface area contributed by atoms with Crippen molar-refractivity contribution in [1.82, 2.24) is 4.57 Å². The van der Waals surface area contributed by atoms with E-state index in [4.69, 9.17) is 9.47 Å². The summed E-state index contributed by atoms with van der Waals surface area (Å²) in [6, 6.07) is 13.9. The molecule has 9 heteroatoms. The summed E-state index contributed by atoms with van der Waals surface area (Å²) in [5.41, 5.74) is 2.48. The van der Waals surface area contributed by atoms with Gasteiger partial charge in [0.2, 0.25) is 0 Å². The molecule has 0 saturated heterocycles. The van der Waals surface area contributed by atoms with Gasteiger partial charge in [-0.05, 0) is 60.6 Å². The van der Waals surface area contributed by atoms with Crippen molar-refractivity contribution in [3.8, 4) is 0 Å². The Hall–Kier alpha value is -3.43. The number of fused-ring (bicyclic) bond motifs is 1. The lowest BCUT2D eigenvalue weighted by Crippen LogP contribution is -2.40. The molecule has 3 aromatic rings. The third-order valence-electron chi connectivity index (χ3n) is 5.85. The van der Waals surface area contributed by atoms with E-state index < -0.39 is 18.0 Å². The van der Waals surface area contributed by atoms with Gasteiger partial charge in [0.05, 0.1) is 41.1 Å². The van der Waals surface area contributed by atoms with Crippen LogP contribution in [0.5, 0.6) is 0 Å². The van der Waals surface area contributed by atoms with Gasteiger partial charge in [-0.3, -0.25) is 9.36 Å². The molecule has 0 spiro atoms. The zero-order chi connectivity index (χ0) is 26.7. The molecule has 0 aliphatic carbocycles. The number of allylic oxidation sites excluding steroid dienone is 1. The average molecular weight is 537 g/mol. The number of hydrogen-bond donors (Lipinski definition) is 0. The molecule has 0 radical (unpaired) electrons. The lowest BCUT2D eigenvalue weighted by atomic mass is 9.95. The maximum absolute atomic E-state index is 13.7. The van der Waals surface area contributed by atoms with E-state index in [0.717, 1.165) is 10.5 Å². The van der Waals surface area contributed by atoms with Crippen molar-refractivity contribution in [3.05, 3.63) is 96.2 Å². The van der Waals surface area contributed by atoms with Crippen LogP contribution in [0.4, 0.5) is 0 Å². The molecular weight excluding hydrogens is 508 g/mol. The van der Waals surface area contributed by atoms with Crippen molar-refractivity contribution in [1.29, 1.82) is 0 Å².